The Bertz CT molecular complexity index is 521. The third-order valence-corrected chi connectivity index (χ3v) is 3.03. The number of benzene rings is 1. The maximum atomic E-state index is 11.1. The van der Waals surface area contributed by atoms with E-state index in [2.05, 4.69) is 10.1 Å². The number of nitrogens with zero attached hydrogens (tertiary/aromatic N) is 2. The van der Waals surface area contributed by atoms with Crippen LogP contribution in [-0.4, -0.2) is 51.3 Å². The van der Waals surface area contributed by atoms with Crippen LogP contribution in [0.5, 0.6) is 5.75 Å². The minimum atomic E-state index is -0.597. The number of hydrogen-bond acceptors (Lipinski definition) is 7. The molecule has 0 spiro atoms. The molecule has 0 bridgehead atoms. The Hall–Kier alpha value is -2.35. The van der Waals surface area contributed by atoms with Gasteiger partial charge in [0.1, 0.15) is 0 Å². The molecule has 0 fully saturated rings. The zero-order chi connectivity index (χ0) is 16.5. The third kappa shape index (κ3) is 5.21. The quantitative estimate of drug-likeness (QED) is 0.317. The van der Waals surface area contributed by atoms with Gasteiger partial charge in [-0.2, -0.15) is 0 Å². The van der Waals surface area contributed by atoms with E-state index in [1.807, 2.05) is 18.9 Å². The number of rotatable bonds is 9. The number of esters is 1. The molecular weight excluding hydrogens is 290 g/mol. The minimum Gasteiger partial charge on any atom is -0.475 e. The Kier molecular flexibility index (Phi) is 7.11. The molecule has 0 heterocycles. The van der Waals surface area contributed by atoms with E-state index in [0.29, 0.717) is 0 Å². The summed E-state index contributed by atoms with van der Waals surface area (Å²) in [5.74, 6) is -0.552. The molecule has 0 aliphatic heterocycles. The van der Waals surface area contributed by atoms with Gasteiger partial charge in [0.15, 0.2) is 12.4 Å². The molecule has 0 aliphatic rings. The van der Waals surface area contributed by atoms with Gasteiger partial charge in [0.2, 0.25) is 0 Å². The maximum absolute atomic E-state index is 11.1. The SMILES string of the molecule is CCNCCN(C)c1ccc([N+](=O)[O-])c(OCC(=O)OC)c1. The van der Waals surface area contributed by atoms with Gasteiger partial charge in [0.05, 0.1) is 12.0 Å². The van der Waals surface area contributed by atoms with E-state index in [0.717, 1.165) is 25.3 Å². The number of methoxy groups -OCH3 is 1. The highest BCUT2D eigenvalue weighted by atomic mass is 16.6. The second-order valence-electron chi connectivity index (χ2n) is 4.55. The lowest BCUT2D eigenvalue weighted by Gasteiger charge is -2.20. The summed E-state index contributed by atoms with van der Waals surface area (Å²) in [6.45, 7) is 4.05. The van der Waals surface area contributed by atoms with E-state index >= 15 is 0 Å². The third-order valence-electron chi connectivity index (χ3n) is 3.03. The second-order valence-corrected chi connectivity index (χ2v) is 4.55. The van der Waals surface area contributed by atoms with E-state index in [4.69, 9.17) is 4.74 Å². The lowest BCUT2D eigenvalue weighted by molar-refractivity contribution is -0.385. The predicted molar refractivity (Wildman–Crippen MR) is 82.4 cm³/mol. The van der Waals surface area contributed by atoms with E-state index in [-0.39, 0.29) is 18.0 Å². The van der Waals surface area contributed by atoms with Crippen LogP contribution < -0.4 is 15.0 Å². The fourth-order valence-electron chi connectivity index (χ4n) is 1.75. The van der Waals surface area contributed by atoms with Gasteiger partial charge in [0.25, 0.3) is 0 Å². The highest BCUT2D eigenvalue weighted by Gasteiger charge is 2.18. The molecule has 1 rings (SSSR count). The molecule has 8 heteroatoms. The van der Waals surface area contributed by atoms with Crippen LogP contribution in [0.15, 0.2) is 18.2 Å². The number of carbonyl (C=O) groups is 1. The van der Waals surface area contributed by atoms with Gasteiger partial charge >= 0.3 is 11.7 Å². The van der Waals surface area contributed by atoms with Crippen molar-refractivity contribution >= 4 is 17.3 Å². The zero-order valence-corrected chi connectivity index (χ0v) is 13.0. The van der Waals surface area contributed by atoms with Gasteiger partial charge in [-0.15, -0.1) is 0 Å². The van der Waals surface area contributed by atoms with Gasteiger partial charge in [-0.1, -0.05) is 6.92 Å². The summed E-state index contributed by atoms with van der Waals surface area (Å²) in [4.78, 5) is 23.5. The monoisotopic (exact) mass is 311 g/mol. The molecule has 1 N–H and O–H groups in total. The molecule has 0 saturated heterocycles. The first kappa shape index (κ1) is 17.7. The van der Waals surface area contributed by atoms with E-state index in [1.165, 1.54) is 13.2 Å². The molecule has 0 amide bonds. The zero-order valence-electron chi connectivity index (χ0n) is 13.0. The van der Waals surface area contributed by atoms with Crippen LogP contribution in [0.25, 0.3) is 0 Å². The summed E-state index contributed by atoms with van der Waals surface area (Å²) >= 11 is 0. The van der Waals surface area contributed by atoms with Crippen LogP contribution in [0.3, 0.4) is 0 Å². The average molecular weight is 311 g/mol. The van der Waals surface area contributed by atoms with Crippen molar-refractivity contribution in [1.82, 2.24) is 5.32 Å². The topological polar surface area (TPSA) is 93.9 Å². The summed E-state index contributed by atoms with van der Waals surface area (Å²) in [7, 11) is 3.10. The number of anilines is 1. The lowest BCUT2D eigenvalue weighted by Crippen LogP contribution is -2.28. The van der Waals surface area contributed by atoms with Crippen molar-refractivity contribution in [3.8, 4) is 5.75 Å². The molecule has 8 nitrogen and oxygen atoms in total. The van der Waals surface area contributed by atoms with Gasteiger partial charge < -0.3 is 19.7 Å². The summed E-state index contributed by atoms with van der Waals surface area (Å²) in [6.07, 6.45) is 0. The summed E-state index contributed by atoms with van der Waals surface area (Å²) in [5.41, 5.74) is 0.580. The molecule has 0 aliphatic carbocycles. The van der Waals surface area contributed by atoms with Crippen molar-refractivity contribution in [2.24, 2.45) is 0 Å². The van der Waals surface area contributed by atoms with Crippen LogP contribution in [-0.2, 0) is 9.53 Å². The van der Waals surface area contributed by atoms with Gasteiger partial charge in [-0.3, -0.25) is 10.1 Å². The standard InChI is InChI=1S/C14H21N3O5/c1-4-15-7-8-16(2)11-5-6-12(17(19)20)13(9-11)22-10-14(18)21-3/h5-6,9,15H,4,7-8,10H2,1-3H3. The summed E-state index contributed by atoms with van der Waals surface area (Å²) < 4.78 is 9.67. The number of nitro benzene ring substituents is 1. The summed E-state index contributed by atoms with van der Waals surface area (Å²) in [6, 6.07) is 4.56. The Balaban J connectivity index is 2.88. The molecule has 0 atom stereocenters. The molecule has 0 unspecified atom stereocenters. The molecule has 1 aromatic rings. The van der Waals surface area contributed by atoms with Crippen molar-refractivity contribution in [3.05, 3.63) is 28.3 Å². The number of nitrogens with one attached hydrogen (secondary N) is 1. The smallest absolute Gasteiger partial charge is 0.343 e. The molecule has 22 heavy (non-hydrogen) atoms. The van der Waals surface area contributed by atoms with Crippen LogP contribution in [0, 0.1) is 10.1 Å². The Morgan fingerprint density at radius 1 is 1.45 bits per heavy atom. The first-order chi connectivity index (χ1) is 10.5. The van der Waals surface area contributed by atoms with Crippen molar-refractivity contribution in [1.29, 1.82) is 0 Å². The molecule has 0 saturated carbocycles. The molecular formula is C14H21N3O5. The fourth-order valence-corrected chi connectivity index (χ4v) is 1.75. The highest BCUT2D eigenvalue weighted by Crippen LogP contribution is 2.31. The molecule has 0 aromatic heterocycles. The first-order valence-corrected chi connectivity index (χ1v) is 6.89. The Morgan fingerprint density at radius 2 is 2.18 bits per heavy atom. The normalized spacial score (nSPS) is 10.1. The van der Waals surface area contributed by atoms with Gasteiger partial charge in [-0.25, -0.2) is 4.79 Å². The molecule has 0 radical (unpaired) electrons. The van der Waals surface area contributed by atoms with Crippen LogP contribution in [0.2, 0.25) is 0 Å². The van der Waals surface area contributed by atoms with E-state index < -0.39 is 10.9 Å². The average Bonchev–Trinajstić information content (AvgIpc) is 2.52. The predicted octanol–water partition coefficient (Wildman–Crippen LogP) is 1.19. The van der Waals surface area contributed by atoms with Crippen molar-refractivity contribution < 1.29 is 19.2 Å². The molecule has 1 aromatic carbocycles. The second kappa shape index (κ2) is 8.83. The fraction of sp³-hybridized carbons (Fsp3) is 0.500. The van der Waals surface area contributed by atoms with Crippen molar-refractivity contribution in [3.63, 3.8) is 0 Å². The van der Waals surface area contributed by atoms with E-state index in [9.17, 15) is 14.9 Å². The number of carbonyl (C=O) groups excluding carboxylic acids is 1. The minimum absolute atomic E-state index is 0.0446. The van der Waals surface area contributed by atoms with Crippen LogP contribution in [0.1, 0.15) is 6.92 Å². The van der Waals surface area contributed by atoms with Crippen molar-refractivity contribution in [2.75, 3.05) is 45.3 Å². The largest absolute Gasteiger partial charge is 0.475 e. The van der Waals surface area contributed by atoms with Crippen LogP contribution >= 0.6 is 0 Å². The number of likely N-dealkylation sites (N-methyl/N-ethyl adjacent to an activating group) is 2. The van der Waals surface area contributed by atoms with Crippen molar-refractivity contribution in [2.45, 2.75) is 6.92 Å². The Labute approximate surface area is 129 Å². The Morgan fingerprint density at radius 3 is 2.77 bits per heavy atom. The number of hydrogen-bond donors (Lipinski definition) is 1. The first-order valence-electron chi connectivity index (χ1n) is 6.89. The van der Waals surface area contributed by atoms with Crippen LogP contribution in [0.4, 0.5) is 11.4 Å². The lowest BCUT2D eigenvalue weighted by atomic mass is 10.2. The number of nitro groups is 1. The highest BCUT2D eigenvalue weighted by molar-refractivity contribution is 5.71. The summed E-state index contributed by atoms with van der Waals surface area (Å²) in [5, 5.41) is 14.2. The van der Waals surface area contributed by atoms with Gasteiger partial charge in [0, 0.05) is 38.0 Å². The van der Waals surface area contributed by atoms with Gasteiger partial charge in [-0.05, 0) is 12.6 Å². The maximum Gasteiger partial charge on any atom is 0.343 e. The molecule has 122 valence electrons. The number of ether oxygens (including phenoxy) is 2. The van der Waals surface area contributed by atoms with E-state index in [1.54, 1.807) is 12.1 Å².